The van der Waals surface area contributed by atoms with E-state index >= 15 is 0 Å². The summed E-state index contributed by atoms with van der Waals surface area (Å²) in [6.07, 6.45) is -0.749. The van der Waals surface area contributed by atoms with Gasteiger partial charge in [0.25, 0.3) is 0 Å². The highest BCUT2D eigenvalue weighted by atomic mass is 16.5. The van der Waals surface area contributed by atoms with Gasteiger partial charge in [-0.15, -0.1) is 0 Å². The summed E-state index contributed by atoms with van der Waals surface area (Å²) in [5.74, 6) is -0.317. The summed E-state index contributed by atoms with van der Waals surface area (Å²) in [6, 6.07) is 7.51. The van der Waals surface area contributed by atoms with Crippen molar-refractivity contribution in [2.24, 2.45) is 0 Å². The van der Waals surface area contributed by atoms with Gasteiger partial charge in [0, 0.05) is 13.5 Å². The van der Waals surface area contributed by atoms with Gasteiger partial charge in [0.05, 0.1) is 6.61 Å². The zero-order valence-electron chi connectivity index (χ0n) is 11.4. The van der Waals surface area contributed by atoms with Crippen molar-refractivity contribution in [3.05, 3.63) is 35.4 Å². The van der Waals surface area contributed by atoms with Gasteiger partial charge in [-0.1, -0.05) is 24.3 Å². The van der Waals surface area contributed by atoms with Crippen LogP contribution in [0, 0.1) is 0 Å². The molecule has 0 saturated heterocycles. The minimum atomic E-state index is -0.444. The van der Waals surface area contributed by atoms with Gasteiger partial charge in [-0.05, 0) is 25.0 Å². The number of amides is 1. The Hall–Kier alpha value is -2.04. The van der Waals surface area contributed by atoms with Crippen LogP contribution in [0.25, 0.3) is 0 Å². The van der Waals surface area contributed by atoms with Crippen molar-refractivity contribution in [2.45, 2.75) is 33.4 Å². The van der Waals surface area contributed by atoms with Crippen molar-refractivity contribution in [1.82, 2.24) is 5.32 Å². The highest BCUT2D eigenvalue weighted by molar-refractivity contribution is 5.67. The summed E-state index contributed by atoms with van der Waals surface area (Å²) in [5.41, 5.74) is 1.81. The smallest absolute Gasteiger partial charge is 0.407 e. The molecule has 0 radical (unpaired) electrons. The molecule has 0 aliphatic rings. The molecule has 104 valence electrons. The Bertz CT molecular complexity index is 445. The zero-order valence-corrected chi connectivity index (χ0v) is 11.4. The average Bonchev–Trinajstić information content (AvgIpc) is 2.36. The molecule has 0 bridgehead atoms. The van der Waals surface area contributed by atoms with E-state index in [1.807, 2.05) is 24.3 Å². The lowest BCUT2D eigenvalue weighted by Gasteiger charge is -2.13. The molecule has 0 heterocycles. The molecule has 1 N–H and O–H groups in total. The topological polar surface area (TPSA) is 64.6 Å². The van der Waals surface area contributed by atoms with Gasteiger partial charge in [-0.25, -0.2) is 4.79 Å². The molecule has 1 amide bonds. The molecule has 5 nitrogen and oxygen atoms in total. The van der Waals surface area contributed by atoms with Crippen molar-refractivity contribution < 1.29 is 19.1 Å². The number of esters is 1. The summed E-state index contributed by atoms with van der Waals surface area (Å²) >= 11 is 0. The van der Waals surface area contributed by atoms with Crippen LogP contribution < -0.4 is 5.32 Å². The number of carbonyl (C=O) groups excluding carboxylic acids is 2. The van der Waals surface area contributed by atoms with Gasteiger partial charge in [-0.2, -0.15) is 0 Å². The summed E-state index contributed by atoms with van der Waals surface area (Å²) < 4.78 is 9.88. The fourth-order valence-electron chi connectivity index (χ4n) is 1.63. The second-order valence-electron chi connectivity index (χ2n) is 4.07. The van der Waals surface area contributed by atoms with Crippen LogP contribution in [0.4, 0.5) is 4.79 Å². The highest BCUT2D eigenvalue weighted by Crippen LogP contribution is 2.18. The zero-order chi connectivity index (χ0) is 14.3. The SMILES string of the molecule is CCOC(=O)NCc1cccc(C(C)OC(C)=O)c1. The number of benzene rings is 1. The highest BCUT2D eigenvalue weighted by Gasteiger charge is 2.09. The summed E-state index contributed by atoms with van der Waals surface area (Å²) in [5, 5.41) is 2.64. The largest absolute Gasteiger partial charge is 0.458 e. The van der Waals surface area contributed by atoms with Gasteiger partial charge in [0.2, 0.25) is 0 Å². The van der Waals surface area contributed by atoms with Crippen LogP contribution in [0.5, 0.6) is 0 Å². The van der Waals surface area contributed by atoms with Crippen LogP contribution in [0.1, 0.15) is 38.0 Å². The van der Waals surface area contributed by atoms with Crippen LogP contribution in [-0.4, -0.2) is 18.7 Å². The molecular formula is C14H19NO4. The Morgan fingerprint density at radius 2 is 2.11 bits per heavy atom. The van der Waals surface area contributed by atoms with E-state index in [0.717, 1.165) is 11.1 Å². The van der Waals surface area contributed by atoms with Crippen molar-refractivity contribution in [3.8, 4) is 0 Å². The van der Waals surface area contributed by atoms with E-state index in [2.05, 4.69) is 5.32 Å². The predicted molar refractivity (Wildman–Crippen MR) is 70.5 cm³/mol. The maximum absolute atomic E-state index is 11.2. The molecule has 1 aromatic rings. The first-order valence-corrected chi connectivity index (χ1v) is 6.19. The fraction of sp³-hybridized carbons (Fsp3) is 0.429. The maximum atomic E-state index is 11.2. The lowest BCUT2D eigenvalue weighted by molar-refractivity contribution is -0.145. The lowest BCUT2D eigenvalue weighted by atomic mass is 10.1. The third-order valence-corrected chi connectivity index (χ3v) is 2.48. The van der Waals surface area contributed by atoms with Crippen molar-refractivity contribution in [3.63, 3.8) is 0 Å². The molecule has 0 aliphatic carbocycles. The Kier molecular flexibility index (Phi) is 5.85. The van der Waals surface area contributed by atoms with E-state index in [0.29, 0.717) is 13.2 Å². The molecule has 0 spiro atoms. The van der Waals surface area contributed by atoms with E-state index < -0.39 is 6.09 Å². The summed E-state index contributed by atoms with van der Waals surface area (Å²) in [4.78, 5) is 22.1. The van der Waals surface area contributed by atoms with E-state index in [9.17, 15) is 9.59 Å². The fourth-order valence-corrected chi connectivity index (χ4v) is 1.63. The van der Waals surface area contributed by atoms with Crippen LogP contribution >= 0.6 is 0 Å². The maximum Gasteiger partial charge on any atom is 0.407 e. The minimum Gasteiger partial charge on any atom is -0.458 e. The summed E-state index contributed by atoms with van der Waals surface area (Å²) in [7, 11) is 0. The first kappa shape index (κ1) is 15.0. The van der Waals surface area contributed by atoms with Gasteiger partial charge in [0.15, 0.2) is 0 Å². The van der Waals surface area contributed by atoms with Crippen LogP contribution in [0.2, 0.25) is 0 Å². The molecule has 0 saturated carbocycles. The van der Waals surface area contributed by atoms with Crippen molar-refractivity contribution in [1.29, 1.82) is 0 Å². The number of alkyl carbamates (subject to hydrolysis) is 1. The third-order valence-electron chi connectivity index (χ3n) is 2.48. The number of hydrogen-bond donors (Lipinski definition) is 1. The molecule has 0 fully saturated rings. The first-order valence-electron chi connectivity index (χ1n) is 6.19. The molecule has 1 rings (SSSR count). The summed E-state index contributed by atoms with van der Waals surface area (Å²) in [6.45, 7) is 5.65. The van der Waals surface area contributed by atoms with Crippen LogP contribution in [-0.2, 0) is 20.8 Å². The Morgan fingerprint density at radius 1 is 1.37 bits per heavy atom. The Morgan fingerprint density at radius 3 is 2.74 bits per heavy atom. The van der Waals surface area contributed by atoms with Gasteiger partial charge >= 0.3 is 12.1 Å². The molecule has 1 unspecified atom stereocenters. The monoisotopic (exact) mass is 265 g/mol. The second-order valence-corrected chi connectivity index (χ2v) is 4.07. The predicted octanol–water partition coefficient (Wildman–Crippen LogP) is 2.56. The lowest BCUT2D eigenvalue weighted by Crippen LogP contribution is -2.23. The quantitative estimate of drug-likeness (QED) is 0.831. The first-order chi connectivity index (χ1) is 9.02. The molecule has 5 heteroatoms. The molecular weight excluding hydrogens is 246 g/mol. The van der Waals surface area contributed by atoms with E-state index in [4.69, 9.17) is 9.47 Å². The normalized spacial score (nSPS) is 11.5. The van der Waals surface area contributed by atoms with Crippen LogP contribution in [0.3, 0.4) is 0 Å². The van der Waals surface area contributed by atoms with Gasteiger partial charge in [-0.3, -0.25) is 4.79 Å². The van der Waals surface area contributed by atoms with Crippen molar-refractivity contribution >= 4 is 12.1 Å². The van der Waals surface area contributed by atoms with Crippen LogP contribution in [0.15, 0.2) is 24.3 Å². The molecule has 0 aliphatic heterocycles. The Balaban J connectivity index is 2.61. The van der Waals surface area contributed by atoms with E-state index in [1.165, 1.54) is 6.92 Å². The number of carbonyl (C=O) groups is 2. The Labute approximate surface area is 112 Å². The number of ether oxygens (including phenoxy) is 2. The molecule has 0 aromatic heterocycles. The van der Waals surface area contributed by atoms with Gasteiger partial charge < -0.3 is 14.8 Å². The van der Waals surface area contributed by atoms with Gasteiger partial charge in [0.1, 0.15) is 6.10 Å². The molecule has 19 heavy (non-hydrogen) atoms. The number of rotatable bonds is 5. The number of hydrogen-bond acceptors (Lipinski definition) is 4. The minimum absolute atomic E-state index is 0.306. The molecule has 1 aromatic carbocycles. The average molecular weight is 265 g/mol. The third kappa shape index (κ3) is 5.42. The standard InChI is InChI=1S/C14H19NO4/c1-4-18-14(17)15-9-12-6-5-7-13(8-12)10(2)19-11(3)16/h5-8,10H,4,9H2,1-3H3,(H,15,17). The van der Waals surface area contributed by atoms with Crippen molar-refractivity contribution in [2.75, 3.05) is 6.61 Å². The molecule has 1 atom stereocenters. The van der Waals surface area contributed by atoms with E-state index in [-0.39, 0.29) is 12.1 Å². The number of nitrogens with one attached hydrogen (secondary N) is 1. The van der Waals surface area contributed by atoms with E-state index in [1.54, 1.807) is 13.8 Å². The second kappa shape index (κ2) is 7.41.